The Morgan fingerprint density at radius 1 is 0.671 bits per heavy atom. The Kier molecular flexibility index (Phi) is 14.0. The van der Waals surface area contributed by atoms with Gasteiger partial charge in [-0.3, -0.25) is 0 Å². The molecular formula is C61H58ClN11O6. The second-order valence-corrected chi connectivity index (χ2v) is 20.9. The van der Waals surface area contributed by atoms with Crippen molar-refractivity contribution >= 4 is 33.4 Å². The Labute approximate surface area is 461 Å². The van der Waals surface area contributed by atoms with Gasteiger partial charge in [0, 0.05) is 111 Å². The predicted octanol–water partition coefficient (Wildman–Crippen LogP) is 9.24. The summed E-state index contributed by atoms with van der Waals surface area (Å²) in [6.07, 6.45) is 17.7. The number of ether oxygens (including phenoxy) is 4. The Bertz CT molecular complexity index is 3860. The van der Waals surface area contributed by atoms with E-state index in [1.165, 1.54) is 0 Å². The Balaban J connectivity index is 0.819. The van der Waals surface area contributed by atoms with Crippen LogP contribution in [0.15, 0.2) is 141 Å². The second-order valence-electron chi connectivity index (χ2n) is 20.6. The SMILES string of the molecule is COc1nc2ccc(C(O)(c3cncn3C)C3CCOCC3)cc2c(C#N)c1Cc1ccc(-n2cc(COc3nc4ccc(C(O)(c5cncn5C)C5CCOCC5)cc4c(Cl)c3Cc3ccc(-n4cccn4)cc3)cn2)cc1. The minimum absolute atomic E-state index is 0.114. The number of aryl methyl sites for hydroxylation is 2. The zero-order chi connectivity index (χ0) is 54.3. The number of nitriles is 1. The van der Waals surface area contributed by atoms with Crippen LogP contribution in [0, 0.1) is 23.2 Å². The lowest BCUT2D eigenvalue weighted by Gasteiger charge is -2.39. The van der Waals surface area contributed by atoms with Crippen LogP contribution in [0.4, 0.5) is 0 Å². The van der Waals surface area contributed by atoms with Crippen LogP contribution >= 0.6 is 11.6 Å². The number of aliphatic hydroxyl groups is 2. The van der Waals surface area contributed by atoms with Gasteiger partial charge in [-0.25, -0.2) is 29.3 Å². The first-order valence-corrected chi connectivity index (χ1v) is 26.8. The van der Waals surface area contributed by atoms with Gasteiger partial charge in [0.1, 0.15) is 23.9 Å². The van der Waals surface area contributed by atoms with Crippen molar-refractivity contribution in [3.05, 3.63) is 202 Å². The predicted molar refractivity (Wildman–Crippen MR) is 296 cm³/mol. The number of hydrogen-bond donors (Lipinski definition) is 2. The van der Waals surface area contributed by atoms with Crippen LogP contribution in [0.25, 0.3) is 33.2 Å². The summed E-state index contributed by atoms with van der Waals surface area (Å²) in [5, 5.41) is 47.3. The van der Waals surface area contributed by atoms with E-state index in [0.29, 0.717) is 143 Å². The van der Waals surface area contributed by atoms with Crippen molar-refractivity contribution in [1.29, 1.82) is 5.26 Å². The van der Waals surface area contributed by atoms with E-state index in [1.807, 2.05) is 131 Å². The third-order valence-electron chi connectivity index (χ3n) is 15.9. The molecule has 0 spiro atoms. The molecule has 17 nitrogen and oxygen atoms in total. The summed E-state index contributed by atoms with van der Waals surface area (Å²) in [5.74, 6) is 0.508. The topological polar surface area (TPSA) is 198 Å². The summed E-state index contributed by atoms with van der Waals surface area (Å²) in [7, 11) is 5.34. The van der Waals surface area contributed by atoms with Gasteiger partial charge in [-0.15, -0.1) is 0 Å². The molecule has 2 N–H and O–H groups in total. The minimum atomic E-state index is -1.38. The van der Waals surface area contributed by atoms with E-state index >= 15 is 0 Å². The first-order chi connectivity index (χ1) is 38.5. The van der Waals surface area contributed by atoms with Gasteiger partial charge < -0.3 is 38.3 Å². The van der Waals surface area contributed by atoms with Crippen LogP contribution in [0.1, 0.15) is 81.6 Å². The average Bonchev–Trinajstić information content (AvgIpc) is 4.37. The number of imidazole rings is 2. The third-order valence-corrected chi connectivity index (χ3v) is 16.4. The van der Waals surface area contributed by atoms with Gasteiger partial charge in [0.25, 0.3) is 0 Å². The van der Waals surface area contributed by atoms with Gasteiger partial charge in [-0.05, 0) is 103 Å². The fourth-order valence-corrected chi connectivity index (χ4v) is 12.0. The van der Waals surface area contributed by atoms with Crippen LogP contribution in [0.3, 0.4) is 0 Å². The van der Waals surface area contributed by atoms with Gasteiger partial charge in [0.15, 0.2) is 0 Å². The molecule has 2 aliphatic rings. The number of hydrogen-bond acceptors (Lipinski definition) is 13. The average molecular weight is 1080 g/mol. The molecule has 79 heavy (non-hydrogen) atoms. The third kappa shape index (κ3) is 9.59. The van der Waals surface area contributed by atoms with Crippen molar-refractivity contribution in [3.63, 3.8) is 0 Å². The standard InChI is InChI=1S/C61H58ClN11O6/c1-70-37-64-33-55(70)60(74,42-17-23-77-24-18-42)44-9-15-53-48(29-44)52(31-63)49(58(68-53)76-3)27-39-7-13-47(14-8-39)73-35-41(32-67-73)36-79-59-51(28-40-5-11-46(12-6-40)72-22-4-21-66-72)57(62)50-30-45(10-16-54(50)69-59)61(75,43-19-25-78-26-20-43)56-34-65-38-71(56)2/h4-16,21-22,29-30,32-35,37-38,42-43,74-75H,17-20,23-28,36H2,1-3H3. The number of pyridine rings is 2. The van der Waals surface area contributed by atoms with E-state index in [2.05, 4.69) is 21.1 Å². The van der Waals surface area contributed by atoms with Crippen molar-refractivity contribution in [1.82, 2.24) is 48.6 Å². The maximum atomic E-state index is 12.8. The molecule has 0 radical (unpaired) electrons. The van der Waals surface area contributed by atoms with Crippen molar-refractivity contribution in [2.75, 3.05) is 33.5 Å². The normalized spacial score (nSPS) is 16.0. The lowest BCUT2D eigenvalue weighted by Crippen LogP contribution is -2.41. The monoisotopic (exact) mass is 1080 g/mol. The Morgan fingerprint density at radius 3 is 1.75 bits per heavy atom. The molecule has 2 aliphatic heterocycles. The molecule has 2 atom stereocenters. The first kappa shape index (κ1) is 51.5. The van der Waals surface area contributed by atoms with Crippen molar-refractivity contribution in [2.24, 2.45) is 25.9 Å². The van der Waals surface area contributed by atoms with Crippen LogP contribution < -0.4 is 9.47 Å². The lowest BCUT2D eigenvalue weighted by molar-refractivity contribution is -0.0471. The van der Waals surface area contributed by atoms with E-state index in [0.717, 1.165) is 28.1 Å². The smallest absolute Gasteiger partial charge is 0.219 e. The number of aromatic nitrogens is 10. The molecule has 12 rings (SSSR count). The Hall–Kier alpha value is -8.24. The summed E-state index contributed by atoms with van der Waals surface area (Å²) in [6.45, 7) is 2.37. The summed E-state index contributed by atoms with van der Waals surface area (Å²) >= 11 is 7.52. The molecule has 4 aromatic carbocycles. The molecule has 6 aromatic heterocycles. The van der Waals surface area contributed by atoms with Gasteiger partial charge in [0.2, 0.25) is 11.8 Å². The minimum Gasteiger partial charge on any atom is -0.481 e. The largest absolute Gasteiger partial charge is 0.481 e. The lowest BCUT2D eigenvalue weighted by atomic mass is 9.74. The molecule has 2 fully saturated rings. The zero-order valence-electron chi connectivity index (χ0n) is 44.0. The first-order valence-electron chi connectivity index (χ1n) is 26.5. The van der Waals surface area contributed by atoms with Crippen LogP contribution in [0.5, 0.6) is 11.8 Å². The molecule has 0 aliphatic carbocycles. The highest BCUT2D eigenvalue weighted by molar-refractivity contribution is 6.36. The maximum absolute atomic E-state index is 12.8. The molecule has 2 saturated heterocycles. The molecule has 8 heterocycles. The van der Waals surface area contributed by atoms with E-state index in [9.17, 15) is 15.5 Å². The zero-order valence-corrected chi connectivity index (χ0v) is 44.8. The molecule has 400 valence electrons. The fourth-order valence-electron chi connectivity index (χ4n) is 11.7. The second kappa shape index (κ2) is 21.5. The van der Waals surface area contributed by atoms with Crippen molar-refractivity contribution in [2.45, 2.75) is 56.3 Å². The highest BCUT2D eigenvalue weighted by atomic mass is 35.5. The summed E-state index contributed by atoms with van der Waals surface area (Å²) in [5.41, 5.74) is 7.47. The summed E-state index contributed by atoms with van der Waals surface area (Å²) in [4.78, 5) is 18.7. The number of nitrogens with zero attached hydrogens (tertiary/aromatic N) is 11. The number of benzene rings is 4. The maximum Gasteiger partial charge on any atom is 0.219 e. The number of methoxy groups -OCH3 is 1. The van der Waals surface area contributed by atoms with Crippen LogP contribution in [0.2, 0.25) is 5.02 Å². The quantitative estimate of drug-likeness (QED) is 0.0929. The molecule has 0 saturated carbocycles. The van der Waals surface area contributed by atoms with Gasteiger partial charge in [-0.2, -0.15) is 15.5 Å². The van der Waals surface area contributed by atoms with Crippen LogP contribution in [-0.2, 0) is 54.2 Å². The highest BCUT2D eigenvalue weighted by Gasteiger charge is 2.45. The van der Waals surface area contributed by atoms with E-state index in [4.69, 9.17) is 45.6 Å². The van der Waals surface area contributed by atoms with Crippen LogP contribution in [-0.4, -0.2) is 92.4 Å². The molecule has 2 unspecified atom stereocenters. The van der Waals surface area contributed by atoms with Crippen molar-refractivity contribution in [3.8, 4) is 29.2 Å². The van der Waals surface area contributed by atoms with E-state index in [-0.39, 0.29) is 18.4 Å². The van der Waals surface area contributed by atoms with E-state index < -0.39 is 11.2 Å². The Morgan fingerprint density at radius 2 is 1.22 bits per heavy atom. The number of halogens is 1. The molecule has 0 amide bonds. The van der Waals surface area contributed by atoms with Gasteiger partial charge >= 0.3 is 0 Å². The molecule has 0 bridgehead atoms. The summed E-state index contributed by atoms with van der Waals surface area (Å²) in [6, 6.07) is 31.9. The molecular weight excluding hydrogens is 1020 g/mol. The number of fused-ring (bicyclic) bond motifs is 2. The van der Waals surface area contributed by atoms with Gasteiger partial charge in [-0.1, -0.05) is 48.0 Å². The van der Waals surface area contributed by atoms with Crippen molar-refractivity contribution < 1.29 is 29.2 Å². The molecule has 10 aromatic rings. The van der Waals surface area contributed by atoms with Gasteiger partial charge in [0.05, 0.1) is 82.7 Å². The van der Waals surface area contributed by atoms with E-state index in [1.54, 1.807) is 49.2 Å². The highest BCUT2D eigenvalue weighted by Crippen LogP contribution is 2.46. The fraction of sp³-hybridized carbons (Fsp3) is 0.295. The summed E-state index contributed by atoms with van der Waals surface area (Å²) < 4.78 is 31.2. The number of rotatable bonds is 16. The molecule has 18 heteroatoms.